The normalized spacial score (nSPS) is 12.0. The average Bonchev–Trinajstić information content (AvgIpc) is 2.15. The first-order chi connectivity index (χ1) is 6.90. The number of Topliss-reactive ketones (excluding diaryl/α,β-unsaturated/α-hetero) is 1. The van der Waals surface area contributed by atoms with Crippen molar-refractivity contribution in [2.45, 2.75) is 25.5 Å². The lowest BCUT2D eigenvalue weighted by Gasteiger charge is -2.06. The standard InChI is InChI=1S/C9H19NO4S/c1-8(2)15(12,13)6-3-9(11)7-14-5-4-10/h8H,3-7,10H2,1-2H3. The number of rotatable bonds is 8. The van der Waals surface area contributed by atoms with Crippen LogP contribution in [0.4, 0.5) is 0 Å². The van der Waals surface area contributed by atoms with Crippen molar-refractivity contribution >= 4 is 15.6 Å². The van der Waals surface area contributed by atoms with Crippen molar-refractivity contribution in [3.8, 4) is 0 Å². The first-order valence-electron chi connectivity index (χ1n) is 4.91. The van der Waals surface area contributed by atoms with Crippen molar-refractivity contribution in [2.75, 3.05) is 25.5 Å². The van der Waals surface area contributed by atoms with Gasteiger partial charge in [-0.25, -0.2) is 8.42 Å². The summed E-state index contributed by atoms with van der Waals surface area (Å²) in [4.78, 5) is 11.2. The zero-order chi connectivity index (χ0) is 11.9. The van der Waals surface area contributed by atoms with E-state index in [4.69, 9.17) is 10.5 Å². The van der Waals surface area contributed by atoms with Gasteiger partial charge in [0.05, 0.1) is 17.6 Å². The Bertz CT molecular complexity index is 284. The smallest absolute Gasteiger partial charge is 0.159 e. The van der Waals surface area contributed by atoms with Gasteiger partial charge in [0.2, 0.25) is 0 Å². The van der Waals surface area contributed by atoms with E-state index in [0.29, 0.717) is 13.2 Å². The van der Waals surface area contributed by atoms with Gasteiger partial charge in [0.25, 0.3) is 0 Å². The SMILES string of the molecule is CC(C)S(=O)(=O)CCC(=O)COCCN. The summed E-state index contributed by atoms with van der Waals surface area (Å²) in [5, 5.41) is -0.435. The first-order valence-corrected chi connectivity index (χ1v) is 6.62. The van der Waals surface area contributed by atoms with Crippen LogP contribution in [0.1, 0.15) is 20.3 Å². The lowest BCUT2D eigenvalue weighted by Crippen LogP contribution is -2.22. The molecule has 0 aromatic heterocycles. The fourth-order valence-corrected chi connectivity index (χ4v) is 1.82. The molecule has 5 nitrogen and oxygen atoms in total. The molecule has 0 atom stereocenters. The Hall–Kier alpha value is -0.460. The number of sulfone groups is 1. The lowest BCUT2D eigenvalue weighted by atomic mass is 10.3. The average molecular weight is 237 g/mol. The monoisotopic (exact) mass is 237 g/mol. The summed E-state index contributed by atoms with van der Waals surface area (Å²) in [5.74, 6) is -0.303. The second-order valence-electron chi connectivity index (χ2n) is 3.55. The van der Waals surface area contributed by atoms with Gasteiger partial charge in [-0.15, -0.1) is 0 Å². The molecule has 0 fully saturated rings. The first kappa shape index (κ1) is 14.5. The van der Waals surface area contributed by atoms with Crippen LogP contribution in [0.15, 0.2) is 0 Å². The molecule has 0 radical (unpaired) electrons. The van der Waals surface area contributed by atoms with Crippen molar-refractivity contribution in [3.63, 3.8) is 0 Å². The lowest BCUT2D eigenvalue weighted by molar-refractivity contribution is -0.123. The maximum absolute atomic E-state index is 11.4. The zero-order valence-corrected chi connectivity index (χ0v) is 10.0. The largest absolute Gasteiger partial charge is 0.372 e. The zero-order valence-electron chi connectivity index (χ0n) is 9.23. The fourth-order valence-electron chi connectivity index (χ4n) is 0.833. The van der Waals surface area contributed by atoms with E-state index in [2.05, 4.69) is 0 Å². The quantitative estimate of drug-likeness (QED) is 0.588. The molecule has 0 aromatic rings. The predicted molar refractivity (Wildman–Crippen MR) is 58.4 cm³/mol. The molecule has 90 valence electrons. The van der Waals surface area contributed by atoms with Crippen LogP contribution in [-0.2, 0) is 19.4 Å². The van der Waals surface area contributed by atoms with Gasteiger partial charge in [0.15, 0.2) is 15.6 Å². The van der Waals surface area contributed by atoms with E-state index in [1.54, 1.807) is 13.8 Å². The summed E-state index contributed by atoms with van der Waals surface area (Å²) < 4.78 is 27.6. The van der Waals surface area contributed by atoms with E-state index in [-0.39, 0.29) is 24.6 Å². The summed E-state index contributed by atoms with van der Waals surface area (Å²) in [5.41, 5.74) is 5.17. The number of ether oxygens (including phenoxy) is 1. The Balaban J connectivity index is 3.81. The third kappa shape index (κ3) is 6.59. The van der Waals surface area contributed by atoms with E-state index >= 15 is 0 Å². The molecule has 0 aliphatic heterocycles. The van der Waals surface area contributed by atoms with Crippen LogP contribution in [0.3, 0.4) is 0 Å². The molecule has 0 amide bonds. The van der Waals surface area contributed by atoms with Gasteiger partial charge in [0, 0.05) is 13.0 Å². The van der Waals surface area contributed by atoms with Crippen LogP contribution in [-0.4, -0.2) is 45.0 Å². The molecule has 0 spiro atoms. The van der Waals surface area contributed by atoms with E-state index in [1.165, 1.54) is 0 Å². The molecule has 0 unspecified atom stereocenters. The molecule has 0 heterocycles. The number of nitrogens with two attached hydrogens (primary N) is 1. The minimum absolute atomic E-state index is 0.0189. The van der Waals surface area contributed by atoms with Crippen molar-refractivity contribution in [2.24, 2.45) is 5.73 Å². The Morgan fingerprint density at radius 3 is 2.47 bits per heavy atom. The molecule has 6 heteroatoms. The predicted octanol–water partition coefficient (Wildman–Crippen LogP) is -0.256. The topological polar surface area (TPSA) is 86.5 Å². The number of hydrogen-bond acceptors (Lipinski definition) is 5. The van der Waals surface area contributed by atoms with Gasteiger partial charge in [-0.3, -0.25) is 4.79 Å². The van der Waals surface area contributed by atoms with Gasteiger partial charge in [0.1, 0.15) is 6.61 Å². The Morgan fingerprint density at radius 1 is 1.40 bits per heavy atom. The van der Waals surface area contributed by atoms with Crippen LogP contribution in [0.2, 0.25) is 0 Å². The number of ketones is 1. The second-order valence-corrected chi connectivity index (χ2v) is 6.22. The number of carbonyl (C=O) groups is 1. The summed E-state index contributed by atoms with van der Waals surface area (Å²) in [6.07, 6.45) is 0.0189. The van der Waals surface area contributed by atoms with Crippen LogP contribution in [0.25, 0.3) is 0 Å². The molecule has 0 bridgehead atoms. The molecule has 0 aromatic carbocycles. The fraction of sp³-hybridized carbons (Fsp3) is 0.889. The van der Waals surface area contributed by atoms with E-state index in [9.17, 15) is 13.2 Å². The highest BCUT2D eigenvalue weighted by Crippen LogP contribution is 2.03. The van der Waals surface area contributed by atoms with Gasteiger partial charge < -0.3 is 10.5 Å². The minimum atomic E-state index is -3.12. The maximum Gasteiger partial charge on any atom is 0.159 e. The molecule has 15 heavy (non-hydrogen) atoms. The van der Waals surface area contributed by atoms with Crippen molar-refractivity contribution in [3.05, 3.63) is 0 Å². The summed E-state index contributed by atoms with van der Waals surface area (Å²) in [7, 11) is -3.12. The van der Waals surface area contributed by atoms with Crippen molar-refractivity contribution < 1.29 is 17.9 Å². The van der Waals surface area contributed by atoms with Gasteiger partial charge >= 0.3 is 0 Å². The number of hydrogen-bond donors (Lipinski definition) is 1. The number of carbonyl (C=O) groups excluding carboxylic acids is 1. The third-order valence-corrected chi connectivity index (χ3v) is 4.12. The Morgan fingerprint density at radius 2 is 2.00 bits per heavy atom. The minimum Gasteiger partial charge on any atom is -0.372 e. The molecule has 0 saturated carbocycles. The van der Waals surface area contributed by atoms with Gasteiger partial charge in [-0.05, 0) is 13.8 Å². The molecular formula is C9H19NO4S. The van der Waals surface area contributed by atoms with Crippen LogP contribution in [0, 0.1) is 0 Å². The van der Waals surface area contributed by atoms with E-state index < -0.39 is 15.1 Å². The summed E-state index contributed by atoms with van der Waals surface area (Å²) in [6.45, 7) is 3.83. The van der Waals surface area contributed by atoms with Crippen molar-refractivity contribution in [1.29, 1.82) is 0 Å². The Kier molecular flexibility index (Phi) is 6.71. The maximum atomic E-state index is 11.4. The molecule has 2 N–H and O–H groups in total. The van der Waals surface area contributed by atoms with E-state index in [1.807, 2.05) is 0 Å². The highest BCUT2D eigenvalue weighted by atomic mass is 32.2. The van der Waals surface area contributed by atoms with Crippen molar-refractivity contribution in [1.82, 2.24) is 0 Å². The Labute approximate surface area is 90.9 Å². The van der Waals surface area contributed by atoms with Gasteiger partial charge in [-0.1, -0.05) is 0 Å². The molecule has 0 aliphatic rings. The molecule has 0 saturated heterocycles. The molecule has 0 rings (SSSR count). The highest BCUT2D eigenvalue weighted by molar-refractivity contribution is 7.91. The van der Waals surface area contributed by atoms with Crippen LogP contribution in [0.5, 0.6) is 0 Å². The van der Waals surface area contributed by atoms with Gasteiger partial charge in [-0.2, -0.15) is 0 Å². The summed E-state index contributed by atoms with van der Waals surface area (Å²) >= 11 is 0. The molecule has 0 aliphatic carbocycles. The highest BCUT2D eigenvalue weighted by Gasteiger charge is 2.17. The van der Waals surface area contributed by atoms with Crippen LogP contribution < -0.4 is 5.73 Å². The second kappa shape index (κ2) is 6.92. The molecular weight excluding hydrogens is 218 g/mol. The van der Waals surface area contributed by atoms with Crippen LogP contribution >= 0.6 is 0 Å². The summed E-state index contributed by atoms with van der Waals surface area (Å²) in [6, 6.07) is 0. The third-order valence-electron chi connectivity index (χ3n) is 1.91. The van der Waals surface area contributed by atoms with E-state index in [0.717, 1.165) is 0 Å².